The molecule has 1 unspecified atom stereocenters. The monoisotopic (exact) mass is 268 g/mol. The third-order valence-electron chi connectivity index (χ3n) is 5.09. The minimum atomic E-state index is -0.228. The molecule has 0 bridgehead atoms. The van der Waals surface area contributed by atoms with E-state index in [0.717, 1.165) is 6.42 Å². The highest BCUT2D eigenvalue weighted by Gasteiger charge is 2.34. The van der Waals surface area contributed by atoms with Gasteiger partial charge in [0.1, 0.15) is 0 Å². The molecule has 20 heavy (non-hydrogen) atoms. The van der Waals surface area contributed by atoms with Gasteiger partial charge in [-0.1, -0.05) is 68.7 Å². The molecule has 1 aliphatic carbocycles. The summed E-state index contributed by atoms with van der Waals surface area (Å²) in [5.74, 6) is 0. The van der Waals surface area contributed by atoms with E-state index >= 15 is 0 Å². The third kappa shape index (κ3) is 2.60. The van der Waals surface area contributed by atoms with E-state index in [1.54, 1.807) is 0 Å². The van der Waals surface area contributed by atoms with E-state index < -0.39 is 0 Å². The van der Waals surface area contributed by atoms with E-state index in [2.05, 4.69) is 49.4 Å². The van der Waals surface area contributed by atoms with Gasteiger partial charge < -0.3 is 5.11 Å². The summed E-state index contributed by atoms with van der Waals surface area (Å²) in [6.07, 6.45) is 6.74. The topological polar surface area (TPSA) is 20.2 Å². The first-order chi connectivity index (χ1) is 9.69. The molecule has 0 aliphatic heterocycles. The van der Waals surface area contributed by atoms with Crippen molar-refractivity contribution in [3.63, 3.8) is 0 Å². The summed E-state index contributed by atoms with van der Waals surface area (Å²) in [5.41, 5.74) is 1.39. The number of rotatable bonds is 3. The van der Waals surface area contributed by atoms with Crippen molar-refractivity contribution in [3.8, 4) is 0 Å². The van der Waals surface area contributed by atoms with Gasteiger partial charge in [-0.05, 0) is 41.0 Å². The second kappa shape index (κ2) is 5.57. The van der Waals surface area contributed by atoms with Crippen LogP contribution in [0.2, 0.25) is 0 Å². The molecule has 0 amide bonds. The molecule has 1 aliphatic rings. The second-order valence-corrected chi connectivity index (χ2v) is 6.57. The van der Waals surface area contributed by atoms with Crippen LogP contribution in [0.15, 0.2) is 42.5 Å². The van der Waals surface area contributed by atoms with Crippen LogP contribution in [0.3, 0.4) is 0 Å². The maximum atomic E-state index is 10.7. The standard InChI is InChI=1S/C19H24O/c1-19(12-5-2-6-13-19)18(20)14-16-10-7-9-15-8-3-4-11-17(15)16/h3-4,7-11,18,20H,2,5-6,12-14H2,1H3. The number of hydrogen-bond acceptors (Lipinski definition) is 1. The second-order valence-electron chi connectivity index (χ2n) is 6.57. The number of fused-ring (bicyclic) bond motifs is 1. The average Bonchev–Trinajstić information content (AvgIpc) is 2.48. The molecule has 1 heteroatoms. The van der Waals surface area contributed by atoms with Gasteiger partial charge in [0.05, 0.1) is 6.10 Å². The molecule has 0 spiro atoms. The first-order valence-corrected chi connectivity index (χ1v) is 7.84. The maximum absolute atomic E-state index is 10.7. The summed E-state index contributed by atoms with van der Waals surface area (Å²) in [6, 6.07) is 14.9. The minimum absolute atomic E-state index is 0.106. The molecule has 106 valence electrons. The first-order valence-electron chi connectivity index (χ1n) is 7.84. The number of hydrogen-bond donors (Lipinski definition) is 1. The summed E-state index contributed by atoms with van der Waals surface area (Å²) in [5, 5.41) is 13.3. The maximum Gasteiger partial charge on any atom is 0.0634 e. The van der Waals surface area contributed by atoms with Gasteiger partial charge in [0.25, 0.3) is 0 Å². The Morgan fingerprint density at radius 2 is 1.70 bits per heavy atom. The first kappa shape index (κ1) is 13.6. The lowest BCUT2D eigenvalue weighted by Crippen LogP contribution is -2.35. The molecule has 1 atom stereocenters. The molecule has 1 nitrogen and oxygen atoms in total. The van der Waals surface area contributed by atoms with E-state index in [1.807, 2.05) is 0 Å². The van der Waals surface area contributed by atoms with E-state index in [-0.39, 0.29) is 11.5 Å². The van der Waals surface area contributed by atoms with Gasteiger partial charge in [-0.2, -0.15) is 0 Å². The molecular formula is C19H24O. The Hall–Kier alpha value is -1.34. The molecule has 0 radical (unpaired) electrons. The summed E-state index contributed by atoms with van der Waals surface area (Å²) in [4.78, 5) is 0. The molecule has 1 N–H and O–H groups in total. The third-order valence-corrected chi connectivity index (χ3v) is 5.09. The highest BCUT2D eigenvalue weighted by Crippen LogP contribution is 2.40. The van der Waals surface area contributed by atoms with Crippen LogP contribution in [0.1, 0.15) is 44.6 Å². The Morgan fingerprint density at radius 3 is 2.50 bits per heavy atom. The van der Waals surface area contributed by atoms with Crippen molar-refractivity contribution in [1.82, 2.24) is 0 Å². The molecule has 3 rings (SSSR count). The minimum Gasteiger partial charge on any atom is -0.392 e. The van der Waals surface area contributed by atoms with Crippen molar-refractivity contribution in [3.05, 3.63) is 48.0 Å². The predicted molar refractivity (Wildman–Crippen MR) is 84.9 cm³/mol. The highest BCUT2D eigenvalue weighted by molar-refractivity contribution is 5.85. The molecular weight excluding hydrogens is 244 g/mol. The Bertz CT molecular complexity index is 576. The van der Waals surface area contributed by atoms with Crippen LogP contribution in [0, 0.1) is 5.41 Å². The van der Waals surface area contributed by atoms with E-state index in [1.165, 1.54) is 48.4 Å². The largest absolute Gasteiger partial charge is 0.392 e. The van der Waals surface area contributed by atoms with Crippen LogP contribution in [0.4, 0.5) is 0 Å². The smallest absolute Gasteiger partial charge is 0.0634 e. The fraction of sp³-hybridized carbons (Fsp3) is 0.474. The van der Waals surface area contributed by atoms with E-state index in [4.69, 9.17) is 0 Å². The lowest BCUT2D eigenvalue weighted by Gasteiger charge is -2.38. The predicted octanol–water partition coefficient (Wildman–Crippen LogP) is 4.71. The number of aliphatic hydroxyl groups is 1. The number of aliphatic hydroxyl groups excluding tert-OH is 1. The van der Waals surface area contributed by atoms with Gasteiger partial charge >= 0.3 is 0 Å². The van der Waals surface area contributed by atoms with Crippen molar-refractivity contribution < 1.29 is 5.11 Å². The van der Waals surface area contributed by atoms with Gasteiger partial charge in [0.2, 0.25) is 0 Å². The molecule has 1 fully saturated rings. The van der Waals surface area contributed by atoms with Crippen LogP contribution in [-0.4, -0.2) is 11.2 Å². The quantitative estimate of drug-likeness (QED) is 0.854. The van der Waals surface area contributed by atoms with Crippen molar-refractivity contribution in [2.75, 3.05) is 0 Å². The Kier molecular flexibility index (Phi) is 3.80. The van der Waals surface area contributed by atoms with Crippen LogP contribution in [-0.2, 0) is 6.42 Å². The summed E-state index contributed by atoms with van der Waals surface area (Å²) in [7, 11) is 0. The van der Waals surface area contributed by atoms with Crippen LogP contribution in [0.25, 0.3) is 10.8 Å². The molecule has 0 saturated heterocycles. The van der Waals surface area contributed by atoms with Crippen LogP contribution in [0.5, 0.6) is 0 Å². The van der Waals surface area contributed by atoms with Gasteiger partial charge in [-0.25, -0.2) is 0 Å². The summed E-state index contributed by atoms with van der Waals surface area (Å²) < 4.78 is 0. The van der Waals surface area contributed by atoms with E-state index in [0.29, 0.717) is 0 Å². The lowest BCUT2D eigenvalue weighted by molar-refractivity contribution is 0.0106. The van der Waals surface area contributed by atoms with Gasteiger partial charge in [-0.15, -0.1) is 0 Å². The molecule has 0 heterocycles. The normalized spacial score (nSPS) is 19.9. The Labute approximate surface area is 121 Å². The number of benzene rings is 2. The Balaban J connectivity index is 1.85. The molecule has 2 aromatic rings. The fourth-order valence-corrected chi connectivity index (χ4v) is 3.62. The van der Waals surface area contributed by atoms with Crippen molar-refractivity contribution >= 4 is 10.8 Å². The zero-order valence-electron chi connectivity index (χ0n) is 12.3. The van der Waals surface area contributed by atoms with Gasteiger partial charge in [-0.3, -0.25) is 0 Å². The Morgan fingerprint density at radius 1 is 1.00 bits per heavy atom. The molecule has 1 saturated carbocycles. The highest BCUT2D eigenvalue weighted by atomic mass is 16.3. The zero-order valence-corrected chi connectivity index (χ0v) is 12.3. The zero-order chi connectivity index (χ0) is 14.0. The molecule has 0 aromatic heterocycles. The van der Waals surface area contributed by atoms with Crippen molar-refractivity contribution in [2.24, 2.45) is 5.41 Å². The fourth-order valence-electron chi connectivity index (χ4n) is 3.62. The van der Waals surface area contributed by atoms with Crippen molar-refractivity contribution in [2.45, 2.75) is 51.6 Å². The summed E-state index contributed by atoms with van der Waals surface area (Å²) in [6.45, 7) is 2.27. The van der Waals surface area contributed by atoms with Gasteiger partial charge in [0.15, 0.2) is 0 Å². The van der Waals surface area contributed by atoms with E-state index in [9.17, 15) is 5.11 Å². The van der Waals surface area contributed by atoms with Crippen LogP contribution >= 0.6 is 0 Å². The molecule has 2 aromatic carbocycles. The van der Waals surface area contributed by atoms with Gasteiger partial charge in [0, 0.05) is 0 Å². The lowest BCUT2D eigenvalue weighted by atomic mass is 9.70. The SMILES string of the molecule is CC1(C(O)Cc2cccc3ccccc23)CCCCC1. The average molecular weight is 268 g/mol. The summed E-state index contributed by atoms with van der Waals surface area (Å²) >= 11 is 0. The van der Waals surface area contributed by atoms with Crippen molar-refractivity contribution in [1.29, 1.82) is 0 Å². The van der Waals surface area contributed by atoms with Crippen LogP contribution < -0.4 is 0 Å².